The minimum Gasteiger partial charge on any atom is -0.390 e. The van der Waals surface area contributed by atoms with E-state index in [1.54, 1.807) is 6.07 Å². The van der Waals surface area contributed by atoms with Gasteiger partial charge in [0.15, 0.2) is 0 Å². The van der Waals surface area contributed by atoms with Crippen molar-refractivity contribution in [3.63, 3.8) is 0 Å². The Bertz CT molecular complexity index is 414. The van der Waals surface area contributed by atoms with Gasteiger partial charge in [-0.1, -0.05) is 43.2 Å². The molecule has 5 heteroatoms. The van der Waals surface area contributed by atoms with E-state index in [0.717, 1.165) is 5.56 Å². The summed E-state index contributed by atoms with van der Waals surface area (Å²) < 4.78 is 0. The predicted molar refractivity (Wildman–Crippen MR) is 65.5 cm³/mol. The lowest BCUT2D eigenvalue weighted by atomic mass is 9.97. The van der Waals surface area contributed by atoms with Crippen molar-refractivity contribution in [3.8, 4) is 0 Å². The quantitative estimate of drug-likeness (QED) is 0.466. The normalized spacial score (nSPS) is 14.2. The number of nitrogens with zero attached hydrogens (tertiary/aromatic N) is 3. The van der Waals surface area contributed by atoms with E-state index in [2.05, 4.69) is 23.9 Å². The summed E-state index contributed by atoms with van der Waals surface area (Å²) in [6.45, 7) is 3.98. The SMILES string of the molecule is CC(C)c1cccc(C(O)C(O)CN=[N+]=[N-])c1. The van der Waals surface area contributed by atoms with Gasteiger partial charge in [0.25, 0.3) is 0 Å². The van der Waals surface area contributed by atoms with E-state index in [4.69, 9.17) is 5.53 Å². The Kier molecular flexibility index (Phi) is 4.97. The maximum atomic E-state index is 9.89. The van der Waals surface area contributed by atoms with Gasteiger partial charge in [0.2, 0.25) is 0 Å². The van der Waals surface area contributed by atoms with Gasteiger partial charge in [-0.15, -0.1) is 0 Å². The zero-order valence-corrected chi connectivity index (χ0v) is 9.98. The molecule has 0 saturated heterocycles. The first-order valence-electron chi connectivity index (χ1n) is 5.53. The Morgan fingerprint density at radius 3 is 2.53 bits per heavy atom. The number of rotatable bonds is 5. The maximum Gasteiger partial charge on any atom is 0.105 e. The smallest absolute Gasteiger partial charge is 0.105 e. The van der Waals surface area contributed by atoms with Crippen LogP contribution in [-0.2, 0) is 0 Å². The first kappa shape index (κ1) is 13.5. The molecule has 0 bridgehead atoms. The Hall–Kier alpha value is -1.55. The highest BCUT2D eigenvalue weighted by molar-refractivity contribution is 5.27. The molecule has 1 rings (SSSR count). The number of aliphatic hydroxyl groups is 2. The number of aliphatic hydroxyl groups excluding tert-OH is 2. The van der Waals surface area contributed by atoms with Crippen molar-refractivity contribution in [2.75, 3.05) is 6.54 Å². The van der Waals surface area contributed by atoms with Crippen molar-refractivity contribution in [3.05, 3.63) is 45.8 Å². The van der Waals surface area contributed by atoms with Crippen LogP contribution in [0.2, 0.25) is 0 Å². The van der Waals surface area contributed by atoms with Gasteiger partial charge >= 0.3 is 0 Å². The van der Waals surface area contributed by atoms with E-state index in [1.165, 1.54) is 0 Å². The van der Waals surface area contributed by atoms with Crippen LogP contribution < -0.4 is 0 Å². The molecule has 1 aromatic rings. The van der Waals surface area contributed by atoms with Gasteiger partial charge < -0.3 is 10.2 Å². The van der Waals surface area contributed by atoms with E-state index in [1.807, 2.05) is 18.2 Å². The van der Waals surface area contributed by atoms with Gasteiger partial charge in [0, 0.05) is 4.91 Å². The molecule has 0 spiro atoms. The highest BCUT2D eigenvalue weighted by Crippen LogP contribution is 2.22. The van der Waals surface area contributed by atoms with Crippen LogP contribution >= 0.6 is 0 Å². The molecule has 0 aliphatic heterocycles. The Morgan fingerprint density at radius 2 is 1.94 bits per heavy atom. The topological polar surface area (TPSA) is 89.2 Å². The van der Waals surface area contributed by atoms with Crippen LogP contribution in [0.3, 0.4) is 0 Å². The molecule has 0 saturated carbocycles. The van der Waals surface area contributed by atoms with Crippen molar-refractivity contribution in [2.45, 2.75) is 32.0 Å². The van der Waals surface area contributed by atoms with Gasteiger partial charge in [-0.05, 0) is 22.6 Å². The molecular formula is C12H17N3O2. The van der Waals surface area contributed by atoms with Crippen molar-refractivity contribution in [2.24, 2.45) is 5.11 Å². The van der Waals surface area contributed by atoms with E-state index in [9.17, 15) is 10.2 Å². The molecule has 0 aliphatic rings. The Morgan fingerprint density at radius 1 is 1.29 bits per heavy atom. The molecule has 2 atom stereocenters. The van der Waals surface area contributed by atoms with Gasteiger partial charge in [0.05, 0.1) is 12.6 Å². The second kappa shape index (κ2) is 6.25. The van der Waals surface area contributed by atoms with Crippen LogP contribution in [0.25, 0.3) is 10.4 Å². The van der Waals surface area contributed by atoms with Crippen LogP contribution in [0.15, 0.2) is 29.4 Å². The lowest BCUT2D eigenvalue weighted by Gasteiger charge is -2.17. The van der Waals surface area contributed by atoms with Crippen LogP contribution in [0.4, 0.5) is 0 Å². The lowest BCUT2D eigenvalue weighted by Crippen LogP contribution is -2.21. The second-order valence-corrected chi connectivity index (χ2v) is 4.25. The van der Waals surface area contributed by atoms with E-state index in [0.29, 0.717) is 11.5 Å². The summed E-state index contributed by atoms with van der Waals surface area (Å²) in [4.78, 5) is 2.55. The molecule has 2 unspecified atom stereocenters. The average molecular weight is 235 g/mol. The van der Waals surface area contributed by atoms with Crippen molar-refractivity contribution in [1.29, 1.82) is 0 Å². The summed E-state index contributed by atoms with van der Waals surface area (Å²) in [5, 5.41) is 22.8. The largest absolute Gasteiger partial charge is 0.390 e. The first-order valence-corrected chi connectivity index (χ1v) is 5.53. The second-order valence-electron chi connectivity index (χ2n) is 4.25. The zero-order chi connectivity index (χ0) is 12.8. The molecule has 5 nitrogen and oxygen atoms in total. The van der Waals surface area contributed by atoms with E-state index < -0.39 is 12.2 Å². The molecule has 0 amide bonds. The standard InChI is InChI=1S/C12H17N3O2/c1-8(2)9-4-3-5-10(6-9)12(17)11(16)7-14-15-13/h3-6,8,11-12,16-17H,7H2,1-2H3. The van der Waals surface area contributed by atoms with E-state index >= 15 is 0 Å². The molecule has 92 valence electrons. The van der Waals surface area contributed by atoms with Crippen molar-refractivity contribution >= 4 is 0 Å². The van der Waals surface area contributed by atoms with Crippen molar-refractivity contribution < 1.29 is 10.2 Å². The highest BCUT2D eigenvalue weighted by atomic mass is 16.3. The summed E-state index contributed by atoms with van der Waals surface area (Å²) in [5.41, 5.74) is 9.88. The van der Waals surface area contributed by atoms with E-state index in [-0.39, 0.29) is 6.54 Å². The molecule has 0 aliphatic carbocycles. The van der Waals surface area contributed by atoms with Gasteiger partial charge in [0.1, 0.15) is 6.10 Å². The zero-order valence-electron chi connectivity index (χ0n) is 9.98. The summed E-state index contributed by atoms with van der Waals surface area (Å²) in [7, 11) is 0. The molecule has 17 heavy (non-hydrogen) atoms. The summed E-state index contributed by atoms with van der Waals surface area (Å²) in [6.07, 6.45) is -2.10. The minimum absolute atomic E-state index is 0.135. The lowest BCUT2D eigenvalue weighted by molar-refractivity contribution is 0.0243. The van der Waals surface area contributed by atoms with Crippen LogP contribution in [-0.4, -0.2) is 22.9 Å². The first-order chi connectivity index (χ1) is 8.06. The third-order valence-corrected chi connectivity index (χ3v) is 2.62. The third kappa shape index (κ3) is 3.75. The Balaban J connectivity index is 2.84. The predicted octanol–water partition coefficient (Wildman–Crippen LogP) is 2.51. The van der Waals surface area contributed by atoms with Crippen LogP contribution in [0.1, 0.15) is 37.0 Å². The number of hydrogen-bond donors (Lipinski definition) is 2. The molecule has 2 N–H and O–H groups in total. The van der Waals surface area contributed by atoms with Crippen LogP contribution in [0, 0.1) is 0 Å². The molecule has 0 heterocycles. The minimum atomic E-state index is -1.08. The fraction of sp³-hybridized carbons (Fsp3) is 0.500. The van der Waals surface area contributed by atoms with Gasteiger partial charge in [-0.2, -0.15) is 0 Å². The fourth-order valence-corrected chi connectivity index (χ4v) is 1.54. The molecule has 1 aromatic carbocycles. The number of benzene rings is 1. The molecule has 0 radical (unpaired) electrons. The fourth-order valence-electron chi connectivity index (χ4n) is 1.54. The number of azide groups is 1. The monoisotopic (exact) mass is 235 g/mol. The van der Waals surface area contributed by atoms with Gasteiger partial charge in [-0.3, -0.25) is 0 Å². The molecular weight excluding hydrogens is 218 g/mol. The summed E-state index contributed by atoms with van der Waals surface area (Å²) in [5.74, 6) is 0.358. The summed E-state index contributed by atoms with van der Waals surface area (Å²) in [6, 6.07) is 7.42. The van der Waals surface area contributed by atoms with Crippen LogP contribution in [0.5, 0.6) is 0 Å². The molecule has 0 fully saturated rings. The number of hydrogen-bond acceptors (Lipinski definition) is 3. The highest BCUT2D eigenvalue weighted by Gasteiger charge is 2.17. The third-order valence-electron chi connectivity index (χ3n) is 2.62. The van der Waals surface area contributed by atoms with Crippen molar-refractivity contribution in [1.82, 2.24) is 0 Å². The average Bonchev–Trinajstić information content (AvgIpc) is 2.35. The molecule has 0 aromatic heterocycles. The maximum absolute atomic E-state index is 9.89. The summed E-state index contributed by atoms with van der Waals surface area (Å²) >= 11 is 0. The Labute approximate surface area is 100 Å². The van der Waals surface area contributed by atoms with Gasteiger partial charge in [-0.25, -0.2) is 0 Å².